The zero-order valence-electron chi connectivity index (χ0n) is 15.7. The van der Waals surface area contributed by atoms with E-state index in [0.717, 1.165) is 12.1 Å². The molecule has 0 spiro atoms. The number of halogens is 1. The van der Waals surface area contributed by atoms with Crippen LogP contribution < -0.4 is 5.32 Å². The van der Waals surface area contributed by atoms with Crippen LogP contribution in [0.25, 0.3) is 11.1 Å². The van der Waals surface area contributed by atoms with Gasteiger partial charge in [-0.25, -0.2) is 4.39 Å². The van der Waals surface area contributed by atoms with Crippen LogP contribution in [0.4, 0.5) is 10.1 Å². The van der Waals surface area contributed by atoms with E-state index in [4.69, 9.17) is 9.05 Å². The fraction of sp³-hybridized carbons (Fsp3) is 0.182. The fourth-order valence-corrected chi connectivity index (χ4v) is 5.08. The van der Waals surface area contributed by atoms with E-state index in [-0.39, 0.29) is 5.82 Å². The first kappa shape index (κ1) is 18.9. The molecule has 0 amide bonds. The minimum atomic E-state index is -3.51. The maximum Gasteiger partial charge on any atom is 0.356 e. The number of nitrogens with one attached hydrogen (secondary N) is 1. The van der Waals surface area contributed by atoms with E-state index in [1.165, 1.54) is 48.6 Å². The monoisotopic (exact) mass is 397 g/mol. The molecule has 0 bridgehead atoms. The van der Waals surface area contributed by atoms with Crippen molar-refractivity contribution in [3.05, 3.63) is 89.2 Å². The summed E-state index contributed by atoms with van der Waals surface area (Å²) in [6.45, 7) is 0. The van der Waals surface area contributed by atoms with Crippen molar-refractivity contribution in [1.82, 2.24) is 0 Å². The zero-order chi connectivity index (χ0) is 19.7. The van der Waals surface area contributed by atoms with Crippen LogP contribution in [-0.4, -0.2) is 14.2 Å². The summed E-state index contributed by atoms with van der Waals surface area (Å²) in [5.74, 6) is -1.12. The maximum atomic E-state index is 13.4. The van der Waals surface area contributed by atoms with Gasteiger partial charge in [0.05, 0.1) is 0 Å². The Bertz CT molecular complexity index is 1040. The number of anilines is 1. The van der Waals surface area contributed by atoms with Crippen LogP contribution >= 0.6 is 7.60 Å². The summed E-state index contributed by atoms with van der Waals surface area (Å²) < 4.78 is 37.0. The Morgan fingerprint density at radius 1 is 0.929 bits per heavy atom. The molecule has 0 saturated carbocycles. The molecule has 1 aliphatic rings. The van der Waals surface area contributed by atoms with E-state index in [1.54, 1.807) is 12.1 Å². The zero-order valence-corrected chi connectivity index (χ0v) is 16.6. The van der Waals surface area contributed by atoms with Gasteiger partial charge in [0.25, 0.3) is 0 Å². The van der Waals surface area contributed by atoms with Crippen molar-refractivity contribution in [3.8, 4) is 11.1 Å². The quantitative estimate of drug-likeness (QED) is 0.406. The van der Waals surface area contributed by atoms with Gasteiger partial charge >= 0.3 is 7.60 Å². The first-order chi connectivity index (χ1) is 13.5. The predicted octanol–water partition coefficient (Wildman–Crippen LogP) is 5.99. The molecule has 1 atom stereocenters. The third-order valence-corrected chi connectivity index (χ3v) is 7.19. The summed E-state index contributed by atoms with van der Waals surface area (Å²) in [7, 11) is -0.808. The van der Waals surface area contributed by atoms with Crippen LogP contribution in [0.1, 0.15) is 22.5 Å². The van der Waals surface area contributed by atoms with Crippen molar-refractivity contribution < 1.29 is 18.0 Å². The Hall–Kier alpha value is -2.46. The molecule has 0 fully saturated rings. The fourth-order valence-electron chi connectivity index (χ4n) is 3.67. The van der Waals surface area contributed by atoms with Crippen molar-refractivity contribution in [2.45, 2.75) is 12.2 Å². The second-order valence-corrected chi connectivity index (χ2v) is 9.04. The van der Waals surface area contributed by atoms with Gasteiger partial charge in [-0.05, 0) is 58.5 Å². The molecule has 1 N–H and O–H groups in total. The Kier molecular flexibility index (Phi) is 5.07. The van der Waals surface area contributed by atoms with E-state index >= 15 is 0 Å². The van der Waals surface area contributed by atoms with Gasteiger partial charge in [0.2, 0.25) is 0 Å². The van der Waals surface area contributed by atoms with Crippen molar-refractivity contribution in [3.63, 3.8) is 0 Å². The van der Waals surface area contributed by atoms with Crippen LogP contribution in [0.3, 0.4) is 0 Å². The van der Waals surface area contributed by atoms with Crippen molar-refractivity contribution in [1.29, 1.82) is 0 Å². The Morgan fingerprint density at radius 2 is 1.61 bits per heavy atom. The highest BCUT2D eigenvalue weighted by Crippen LogP contribution is 2.59. The topological polar surface area (TPSA) is 47.6 Å². The van der Waals surface area contributed by atoms with Gasteiger partial charge in [-0.3, -0.25) is 4.57 Å². The number of hydrogen-bond donors (Lipinski definition) is 1. The summed E-state index contributed by atoms with van der Waals surface area (Å²) >= 11 is 0. The molecule has 3 aromatic rings. The highest BCUT2D eigenvalue weighted by Gasteiger charge is 2.35. The number of rotatable bonds is 6. The molecule has 1 aliphatic carbocycles. The molecular formula is C22H21FNO3P. The average Bonchev–Trinajstić information content (AvgIpc) is 3.10. The summed E-state index contributed by atoms with van der Waals surface area (Å²) in [5.41, 5.74) is 6.38. The second-order valence-electron chi connectivity index (χ2n) is 6.71. The molecule has 0 heterocycles. The molecule has 6 heteroatoms. The number of hydrogen-bond acceptors (Lipinski definition) is 4. The van der Waals surface area contributed by atoms with Gasteiger partial charge in [0.15, 0.2) is 5.78 Å². The summed E-state index contributed by atoms with van der Waals surface area (Å²) in [4.78, 5) is 0. The van der Waals surface area contributed by atoms with Crippen LogP contribution in [0.5, 0.6) is 0 Å². The average molecular weight is 397 g/mol. The normalized spacial score (nSPS) is 13.7. The van der Waals surface area contributed by atoms with Gasteiger partial charge in [-0.15, -0.1) is 0 Å². The van der Waals surface area contributed by atoms with Gasteiger partial charge < -0.3 is 14.4 Å². The van der Waals surface area contributed by atoms with E-state index in [0.29, 0.717) is 5.56 Å². The largest absolute Gasteiger partial charge is 0.368 e. The van der Waals surface area contributed by atoms with Gasteiger partial charge in [-0.1, -0.05) is 42.5 Å². The molecule has 4 rings (SSSR count). The molecule has 28 heavy (non-hydrogen) atoms. The molecule has 0 saturated heterocycles. The smallest absolute Gasteiger partial charge is 0.356 e. The highest BCUT2D eigenvalue weighted by atomic mass is 31.2. The molecule has 0 aromatic heterocycles. The third-order valence-electron chi connectivity index (χ3n) is 5.11. The minimum Gasteiger partial charge on any atom is -0.368 e. The SMILES string of the molecule is COP(=O)(OC)C(Nc1ccc2c(c1)Cc1ccccc1-2)c1ccc(F)cc1. The Balaban J connectivity index is 1.69. The molecule has 4 nitrogen and oxygen atoms in total. The minimum absolute atomic E-state index is 0.359. The van der Waals surface area contributed by atoms with Crippen molar-refractivity contribution >= 4 is 13.3 Å². The lowest BCUT2D eigenvalue weighted by molar-refractivity contribution is 0.268. The van der Waals surface area contributed by atoms with Crippen molar-refractivity contribution in [2.75, 3.05) is 19.5 Å². The van der Waals surface area contributed by atoms with Gasteiger partial charge in [0.1, 0.15) is 5.82 Å². The first-order valence-electron chi connectivity index (χ1n) is 8.98. The number of benzene rings is 3. The molecule has 144 valence electrons. The Labute approximate surface area is 163 Å². The van der Waals surface area contributed by atoms with Crippen molar-refractivity contribution in [2.24, 2.45) is 0 Å². The maximum absolute atomic E-state index is 13.4. The summed E-state index contributed by atoms with van der Waals surface area (Å²) in [5, 5.41) is 3.28. The van der Waals surface area contributed by atoms with Gasteiger partial charge in [-0.2, -0.15) is 0 Å². The first-order valence-corrected chi connectivity index (χ1v) is 10.6. The Morgan fingerprint density at radius 3 is 2.32 bits per heavy atom. The van der Waals surface area contributed by atoms with Gasteiger partial charge in [0, 0.05) is 19.9 Å². The standard InChI is InChI=1S/C22H21FNO3P/c1-26-28(25,27-2)22(15-7-9-18(23)10-8-15)24-19-11-12-21-17(14-19)13-16-5-3-4-6-20(16)21/h3-12,14,22,24H,13H2,1-2H3. The molecule has 0 aliphatic heterocycles. The van der Waals surface area contributed by atoms with E-state index in [9.17, 15) is 8.96 Å². The third kappa shape index (κ3) is 3.37. The van der Waals surface area contributed by atoms with Crippen LogP contribution in [0.15, 0.2) is 66.7 Å². The predicted molar refractivity (Wildman–Crippen MR) is 109 cm³/mol. The second kappa shape index (κ2) is 7.51. The lowest BCUT2D eigenvalue weighted by Gasteiger charge is -2.26. The van der Waals surface area contributed by atoms with Crippen LogP contribution in [0, 0.1) is 5.82 Å². The highest BCUT2D eigenvalue weighted by molar-refractivity contribution is 7.54. The van der Waals surface area contributed by atoms with E-state index in [1.807, 2.05) is 18.2 Å². The lowest BCUT2D eigenvalue weighted by atomic mass is 10.1. The molecular weight excluding hydrogens is 376 g/mol. The van der Waals surface area contributed by atoms with E-state index in [2.05, 4.69) is 29.6 Å². The molecule has 1 unspecified atom stereocenters. The summed E-state index contributed by atoms with van der Waals surface area (Å²) in [6, 6.07) is 20.2. The lowest BCUT2D eigenvalue weighted by Crippen LogP contribution is -2.14. The van der Waals surface area contributed by atoms with Crippen LogP contribution in [-0.2, 0) is 20.0 Å². The van der Waals surface area contributed by atoms with Crippen LogP contribution in [0.2, 0.25) is 0 Å². The summed E-state index contributed by atoms with van der Waals surface area (Å²) in [6.07, 6.45) is 0.856. The number of fused-ring (bicyclic) bond motifs is 3. The molecule has 3 aromatic carbocycles. The van der Waals surface area contributed by atoms with E-state index < -0.39 is 13.4 Å². The molecule has 0 radical (unpaired) electrons.